The number of aryl methyl sites for hydroxylation is 1. The molecule has 0 aliphatic rings. The molecule has 2 rings (SSSR count). The number of nitrogens with one attached hydrogen (secondary N) is 1. The minimum atomic E-state index is -0.788. The summed E-state index contributed by atoms with van der Waals surface area (Å²) in [5, 5.41) is 0. The summed E-state index contributed by atoms with van der Waals surface area (Å²) in [4.78, 5) is 0. The molecule has 0 bridgehead atoms. The molecule has 0 spiro atoms. The second kappa shape index (κ2) is 6.51. The molecule has 0 heterocycles. The van der Waals surface area contributed by atoms with E-state index in [1.54, 1.807) is 25.3 Å². The number of benzene rings is 2. The predicted octanol–water partition coefficient (Wildman–Crippen LogP) is 3.60. The molecule has 1 atom stereocenters. The first kappa shape index (κ1) is 15.9. The zero-order valence-corrected chi connectivity index (χ0v) is 13.2. The van der Waals surface area contributed by atoms with Gasteiger partial charge in [0.25, 0.3) is 0 Å². The van der Waals surface area contributed by atoms with E-state index in [9.17, 15) is 8.78 Å². The number of ether oxygens (including phenoxy) is 1. The molecule has 112 valence electrons. The van der Waals surface area contributed by atoms with Gasteiger partial charge in [-0.2, -0.15) is 0 Å². The smallest absolute Gasteiger partial charge is 0.132 e. The molecule has 2 aromatic rings. The van der Waals surface area contributed by atoms with Crippen molar-refractivity contribution in [3.8, 4) is 5.75 Å². The van der Waals surface area contributed by atoms with Crippen molar-refractivity contribution in [1.82, 2.24) is 5.43 Å². The average Bonchev–Trinajstić information content (AvgIpc) is 2.43. The SMILES string of the molecule is COc1ccc(C(NN)c2c(F)cc(Br)cc2F)c(C)c1. The van der Waals surface area contributed by atoms with Crippen LogP contribution < -0.4 is 16.0 Å². The van der Waals surface area contributed by atoms with Gasteiger partial charge in [0, 0.05) is 10.0 Å². The van der Waals surface area contributed by atoms with Crippen LogP contribution in [0.4, 0.5) is 8.78 Å². The van der Waals surface area contributed by atoms with Gasteiger partial charge in [0.05, 0.1) is 13.2 Å². The van der Waals surface area contributed by atoms with E-state index in [-0.39, 0.29) is 5.56 Å². The summed E-state index contributed by atoms with van der Waals surface area (Å²) in [5.41, 5.74) is 3.86. The highest BCUT2D eigenvalue weighted by Crippen LogP contribution is 2.31. The highest BCUT2D eigenvalue weighted by molar-refractivity contribution is 9.10. The Balaban J connectivity index is 2.55. The van der Waals surface area contributed by atoms with Crippen LogP contribution in [0, 0.1) is 18.6 Å². The average molecular weight is 357 g/mol. The Morgan fingerprint density at radius 1 is 1.19 bits per heavy atom. The number of halogens is 3. The first-order valence-corrected chi connectivity index (χ1v) is 7.02. The van der Waals surface area contributed by atoms with E-state index in [4.69, 9.17) is 10.6 Å². The van der Waals surface area contributed by atoms with E-state index in [0.717, 1.165) is 5.56 Å². The molecule has 0 saturated heterocycles. The molecule has 2 aromatic carbocycles. The number of hydrazine groups is 1. The van der Waals surface area contributed by atoms with Crippen molar-refractivity contribution >= 4 is 15.9 Å². The van der Waals surface area contributed by atoms with Gasteiger partial charge in [-0.15, -0.1) is 0 Å². The molecule has 1 unspecified atom stereocenters. The molecule has 3 N–H and O–H groups in total. The van der Waals surface area contributed by atoms with Gasteiger partial charge in [-0.25, -0.2) is 14.2 Å². The first-order chi connectivity index (χ1) is 9.97. The maximum Gasteiger partial charge on any atom is 0.132 e. The van der Waals surface area contributed by atoms with Gasteiger partial charge in [0.2, 0.25) is 0 Å². The Kier molecular flexibility index (Phi) is 4.92. The van der Waals surface area contributed by atoms with Crippen LogP contribution in [-0.4, -0.2) is 7.11 Å². The van der Waals surface area contributed by atoms with Crippen LogP contribution in [-0.2, 0) is 0 Å². The van der Waals surface area contributed by atoms with Crippen LogP contribution >= 0.6 is 15.9 Å². The third kappa shape index (κ3) is 3.23. The summed E-state index contributed by atoms with van der Waals surface area (Å²) in [6, 6.07) is 6.88. The monoisotopic (exact) mass is 356 g/mol. The standard InChI is InChI=1S/C15H15BrF2N2O/c1-8-5-10(21-2)3-4-11(8)15(20-19)14-12(17)6-9(16)7-13(14)18/h3-7,15,20H,19H2,1-2H3. The van der Waals surface area contributed by atoms with E-state index < -0.39 is 17.7 Å². The summed E-state index contributed by atoms with van der Waals surface area (Å²) in [6.45, 7) is 1.83. The molecule has 0 radical (unpaired) electrons. The van der Waals surface area contributed by atoms with Crippen LogP contribution in [0.5, 0.6) is 5.75 Å². The highest BCUT2D eigenvalue weighted by Gasteiger charge is 2.23. The maximum absolute atomic E-state index is 14.1. The van der Waals surface area contributed by atoms with Crippen molar-refractivity contribution in [2.45, 2.75) is 13.0 Å². The molecule has 21 heavy (non-hydrogen) atoms. The number of hydrogen-bond donors (Lipinski definition) is 2. The van der Waals surface area contributed by atoms with E-state index in [2.05, 4.69) is 21.4 Å². The predicted molar refractivity (Wildman–Crippen MR) is 81.0 cm³/mol. The van der Waals surface area contributed by atoms with Crippen molar-refractivity contribution < 1.29 is 13.5 Å². The van der Waals surface area contributed by atoms with Gasteiger partial charge in [-0.1, -0.05) is 22.0 Å². The summed E-state index contributed by atoms with van der Waals surface area (Å²) < 4.78 is 33.7. The van der Waals surface area contributed by atoms with E-state index in [1.165, 1.54) is 12.1 Å². The fraction of sp³-hybridized carbons (Fsp3) is 0.200. The third-order valence-electron chi connectivity index (χ3n) is 3.29. The van der Waals surface area contributed by atoms with Gasteiger partial charge >= 0.3 is 0 Å². The molecular weight excluding hydrogens is 342 g/mol. The minimum absolute atomic E-state index is 0.117. The first-order valence-electron chi connectivity index (χ1n) is 6.23. The van der Waals surface area contributed by atoms with E-state index >= 15 is 0 Å². The lowest BCUT2D eigenvalue weighted by molar-refractivity contribution is 0.414. The molecule has 6 heteroatoms. The molecule has 0 aromatic heterocycles. The Bertz CT molecular complexity index is 641. The lowest BCUT2D eigenvalue weighted by atomic mass is 9.94. The minimum Gasteiger partial charge on any atom is -0.497 e. The lowest BCUT2D eigenvalue weighted by Gasteiger charge is -2.21. The largest absolute Gasteiger partial charge is 0.497 e. The maximum atomic E-state index is 14.1. The number of nitrogens with two attached hydrogens (primary N) is 1. The summed E-state index contributed by atoms with van der Waals surface area (Å²) in [6.07, 6.45) is 0. The Morgan fingerprint density at radius 3 is 2.29 bits per heavy atom. The number of hydrogen-bond acceptors (Lipinski definition) is 3. The second-order valence-electron chi connectivity index (χ2n) is 4.61. The van der Waals surface area contributed by atoms with Gasteiger partial charge in [0.1, 0.15) is 17.4 Å². The van der Waals surface area contributed by atoms with Crippen molar-refractivity contribution in [1.29, 1.82) is 0 Å². The molecule has 0 saturated carbocycles. The normalized spacial score (nSPS) is 12.3. The Morgan fingerprint density at radius 2 is 1.81 bits per heavy atom. The van der Waals surface area contributed by atoms with Crippen molar-refractivity contribution in [3.05, 3.63) is 63.1 Å². The Labute approximate surface area is 130 Å². The second-order valence-corrected chi connectivity index (χ2v) is 5.52. The summed E-state index contributed by atoms with van der Waals surface area (Å²) in [5.74, 6) is 4.86. The Hall–Kier alpha value is -1.50. The quantitative estimate of drug-likeness (QED) is 0.649. The number of methoxy groups -OCH3 is 1. The highest BCUT2D eigenvalue weighted by atomic mass is 79.9. The van der Waals surface area contributed by atoms with Crippen molar-refractivity contribution in [3.63, 3.8) is 0 Å². The lowest BCUT2D eigenvalue weighted by Crippen LogP contribution is -2.31. The fourth-order valence-corrected chi connectivity index (χ4v) is 2.66. The van der Waals surface area contributed by atoms with Crippen molar-refractivity contribution in [2.24, 2.45) is 5.84 Å². The van der Waals surface area contributed by atoms with Crippen LogP contribution in [0.2, 0.25) is 0 Å². The van der Waals surface area contributed by atoms with Gasteiger partial charge in [0.15, 0.2) is 0 Å². The van der Waals surface area contributed by atoms with Gasteiger partial charge in [-0.3, -0.25) is 5.84 Å². The molecule has 0 aliphatic carbocycles. The summed E-state index contributed by atoms with van der Waals surface area (Å²) >= 11 is 3.06. The van der Waals surface area contributed by atoms with E-state index in [0.29, 0.717) is 15.8 Å². The van der Waals surface area contributed by atoms with Crippen LogP contribution in [0.25, 0.3) is 0 Å². The van der Waals surface area contributed by atoms with Crippen LogP contribution in [0.15, 0.2) is 34.8 Å². The zero-order chi connectivity index (χ0) is 15.6. The van der Waals surface area contributed by atoms with Gasteiger partial charge < -0.3 is 4.74 Å². The summed E-state index contributed by atoms with van der Waals surface area (Å²) in [7, 11) is 1.56. The molecular formula is C15H15BrF2N2O. The topological polar surface area (TPSA) is 47.3 Å². The van der Waals surface area contributed by atoms with Crippen LogP contribution in [0.1, 0.15) is 22.7 Å². The van der Waals surface area contributed by atoms with Gasteiger partial charge in [-0.05, 0) is 42.3 Å². The molecule has 0 aliphatic heterocycles. The molecule has 0 fully saturated rings. The molecule has 3 nitrogen and oxygen atoms in total. The number of rotatable bonds is 4. The van der Waals surface area contributed by atoms with E-state index in [1.807, 2.05) is 6.92 Å². The van der Waals surface area contributed by atoms with Crippen LogP contribution in [0.3, 0.4) is 0 Å². The van der Waals surface area contributed by atoms with Crippen molar-refractivity contribution in [2.75, 3.05) is 7.11 Å². The fourth-order valence-electron chi connectivity index (χ4n) is 2.26. The zero-order valence-electron chi connectivity index (χ0n) is 11.6. The third-order valence-corrected chi connectivity index (χ3v) is 3.74. The molecule has 0 amide bonds.